The third-order valence-electron chi connectivity index (χ3n) is 4.17. The maximum absolute atomic E-state index is 9.68. The quantitative estimate of drug-likeness (QED) is 0.694. The lowest BCUT2D eigenvalue weighted by Crippen LogP contribution is -1.95. The number of imidazole rings is 1. The molecular formula is C20H17N3O4. The molecule has 0 amide bonds. The Labute approximate surface area is 155 Å². The van der Waals surface area contributed by atoms with Crippen molar-refractivity contribution in [3.63, 3.8) is 0 Å². The Morgan fingerprint density at radius 3 is 2.85 bits per heavy atom. The molecule has 1 aliphatic heterocycles. The van der Waals surface area contributed by atoms with Crippen LogP contribution in [0.5, 0.6) is 23.0 Å². The number of rotatable bonds is 5. The molecule has 1 aliphatic rings. The van der Waals surface area contributed by atoms with Gasteiger partial charge in [0.2, 0.25) is 6.79 Å². The van der Waals surface area contributed by atoms with E-state index in [1.807, 2.05) is 25.1 Å². The summed E-state index contributed by atoms with van der Waals surface area (Å²) in [6.45, 7) is 2.56. The number of methoxy groups -OCH3 is 1. The van der Waals surface area contributed by atoms with Gasteiger partial charge >= 0.3 is 0 Å². The molecule has 0 aliphatic carbocycles. The Morgan fingerprint density at radius 2 is 2.11 bits per heavy atom. The first-order chi connectivity index (χ1) is 13.2. The first-order valence-electron chi connectivity index (χ1n) is 8.44. The number of hydrogen-bond donors (Lipinski definition) is 1. The molecule has 4 rings (SSSR count). The lowest BCUT2D eigenvalue weighted by Gasteiger charge is -2.09. The van der Waals surface area contributed by atoms with Crippen molar-refractivity contribution in [2.24, 2.45) is 0 Å². The fraction of sp³-hybridized carbons (Fsp3) is 0.200. The van der Waals surface area contributed by atoms with Crippen molar-refractivity contribution in [2.45, 2.75) is 6.92 Å². The molecule has 3 aromatic rings. The first-order valence-corrected chi connectivity index (χ1v) is 8.44. The Morgan fingerprint density at radius 1 is 1.30 bits per heavy atom. The van der Waals surface area contributed by atoms with E-state index in [1.165, 1.54) is 0 Å². The van der Waals surface area contributed by atoms with E-state index in [2.05, 4.69) is 16.0 Å². The molecule has 2 heterocycles. The molecule has 7 heteroatoms. The van der Waals surface area contributed by atoms with Crippen LogP contribution >= 0.6 is 0 Å². The summed E-state index contributed by atoms with van der Waals surface area (Å²) >= 11 is 0. The second kappa shape index (κ2) is 6.92. The zero-order chi connectivity index (χ0) is 18.8. The summed E-state index contributed by atoms with van der Waals surface area (Å²) in [6, 6.07) is 11.3. The number of nitrogens with zero attached hydrogens (tertiary/aromatic N) is 2. The van der Waals surface area contributed by atoms with Gasteiger partial charge in [-0.3, -0.25) is 0 Å². The maximum atomic E-state index is 9.68. The van der Waals surface area contributed by atoms with Gasteiger partial charge in [-0.1, -0.05) is 0 Å². The lowest BCUT2D eigenvalue weighted by molar-refractivity contribution is 0.174. The molecule has 2 aromatic carbocycles. The number of ether oxygens (including phenoxy) is 4. The second-order valence-electron chi connectivity index (χ2n) is 5.81. The Kier molecular flexibility index (Phi) is 4.30. The van der Waals surface area contributed by atoms with Crippen molar-refractivity contribution in [3.8, 4) is 29.1 Å². The fourth-order valence-electron chi connectivity index (χ4n) is 2.88. The van der Waals surface area contributed by atoms with Gasteiger partial charge in [0.15, 0.2) is 11.5 Å². The van der Waals surface area contributed by atoms with E-state index in [0.29, 0.717) is 35.3 Å². The van der Waals surface area contributed by atoms with Gasteiger partial charge in [0.25, 0.3) is 0 Å². The van der Waals surface area contributed by atoms with Crippen LogP contribution in [0.25, 0.3) is 22.7 Å². The van der Waals surface area contributed by atoms with Crippen LogP contribution in [0.15, 0.2) is 30.3 Å². The van der Waals surface area contributed by atoms with Gasteiger partial charge in [0.05, 0.1) is 30.3 Å². The molecule has 27 heavy (non-hydrogen) atoms. The smallest absolute Gasteiger partial charge is 0.231 e. The number of benzene rings is 2. The van der Waals surface area contributed by atoms with Crippen molar-refractivity contribution in [1.82, 2.24) is 9.97 Å². The third kappa shape index (κ3) is 3.13. The van der Waals surface area contributed by atoms with Gasteiger partial charge in [-0.2, -0.15) is 5.26 Å². The molecule has 136 valence electrons. The summed E-state index contributed by atoms with van der Waals surface area (Å²) in [5.74, 6) is 3.06. The average Bonchev–Trinajstić information content (AvgIpc) is 3.31. The maximum Gasteiger partial charge on any atom is 0.231 e. The summed E-state index contributed by atoms with van der Waals surface area (Å²) in [5.41, 5.74) is 2.64. The minimum Gasteiger partial charge on any atom is -0.497 e. The van der Waals surface area contributed by atoms with E-state index < -0.39 is 0 Å². The molecule has 0 bridgehead atoms. The molecule has 0 spiro atoms. The molecule has 7 nitrogen and oxygen atoms in total. The number of aromatic nitrogens is 2. The first kappa shape index (κ1) is 16.8. The molecule has 0 radical (unpaired) electrons. The predicted octanol–water partition coefficient (Wildman–Crippen LogP) is 3.76. The SMILES string of the molecule is CCOc1cc2c(cc1C=C(C#N)c1nc3ccc(OC)cc3[nH]1)OCO2. The third-order valence-corrected chi connectivity index (χ3v) is 4.17. The van der Waals surface area contributed by atoms with Crippen LogP contribution in [0.4, 0.5) is 0 Å². The molecule has 1 N–H and O–H groups in total. The number of fused-ring (bicyclic) bond motifs is 2. The van der Waals surface area contributed by atoms with Crippen molar-refractivity contribution in [1.29, 1.82) is 5.26 Å². The van der Waals surface area contributed by atoms with Crippen molar-refractivity contribution in [3.05, 3.63) is 41.7 Å². The Balaban J connectivity index is 1.79. The highest BCUT2D eigenvalue weighted by Gasteiger charge is 2.18. The van der Waals surface area contributed by atoms with Crippen LogP contribution in [-0.2, 0) is 0 Å². The Bertz CT molecular complexity index is 1080. The summed E-state index contributed by atoms with van der Waals surface area (Å²) in [7, 11) is 1.61. The van der Waals surface area contributed by atoms with E-state index >= 15 is 0 Å². The fourth-order valence-corrected chi connectivity index (χ4v) is 2.88. The van der Waals surface area contributed by atoms with E-state index in [9.17, 15) is 5.26 Å². The van der Waals surface area contributed by atoms with Crippen LogP contribution in [-0.4, -0.2) is 30.5 Å². The number of H-pyrrole nitrogens is 1. The highest BCUT2D eigenvalue weighted by atomic mass is 16.7. The molecule has 0 saturated heterocycles. The number of nitriles is 1. The monoisotopic (exact) mass is 363 g/mol. The predicted molar refractivity (Wildman–Crippen MR) is 99.9 cm³/mol. The van der Waals surface area contributed by atoms with Crippen LogP contribution in [0.3, 0.4) is 0 Å². The van der Waals surface area contributed by atoms with Gasteiger partial charge in [-0.25, -0.2) is 4.98 Å². The minimum absolute atomic E-state index is 0.171. The standard InChI is InChI=1S/C20H17N3O4/c1-3-25-17-9-19-18(26-11-27-19)7-12(17)6-13(10-21)20-22-15-5-4-14(24-2)8-16(15)23-20/h4-9H,3,11H2,1-2H3,(H,22,23). The second-order valence-corrected chi connectivity index (χ2v) is 5.81. The minimum atomic E-state index is 0.171. The lowest BCUT2D eigenvalue weighted by atomic mass is 10.1. The van der Waals surface area contributed by atoms with E-state index in [-0.39, 0.29) is 6.79 Å². The largest absolute Gasteiger partial charge is 0.497 e. The van der Waals surface area contributed by atoms with Crippen LogP contribution in [0.2, 0.25) is 0 Å². The Hall–Kier alpha value is -3.66. The summed E-state index contributed by atoms with van der Waals surface area (Å²) in [6.07, 6.45) is 1.72. The molecule has 0 saturated carbocycles. The topological polar surface area (TPSA) is 89.4 Å². The molecule has 1 aromatic heterocycles. The van der Waals surface area contributed by atoms with E-state index in [1.54, 1.807) is 25.3 Å². The van der Waals surface area contributed by atoms with Crippen molar-refractivity contribution in [2.75, 3.05) is 20.5 Å². The van der Waals surface area contributed by atoms with Gasteiger partial charge in [-0.15, -0.1) is 0 Å². The van der Waals surface area contributed by atoms with E-state index in [4.69, 9.17) is 18.9 Å². The van der Waals surface area contributed by atoms with Crippen LogP contribution in [0, 0.1) is 11.3 Å². The molecule has 0 fully saturated rings. The molecular weight excluding hydrogens is 346 g/mol. The summed E-state index contributed by atoms with van der Waals surface area (Å²) < 4.78 is 21.8. The highest BCUT2D eigenvalue weighted by molar-refractivity contribution is 5.91. The summed E-state index contributed by atoms with van der Waals surface area (Å²) in [4.78, 5) is 7.67. The number of hydrogen-bond acceptors (Lipinski definition) is 6. The van der Waals surface area contributed by atoms with Crippen LogP contribution in [0.1, 0.15) is 18.3 Å². The van der Waals surface area contributed by atoms with Crippen molar-refractivity contribution >= 4 is 22.7 Å². The number of aromatic amines is 1. The molecule has 0 unspecified atom stereocenters. The normalized spacial score (nSPS) is 12.9. The average molecular weight is 363 g/mol. The van der Waals surface area contributed by atoms with Gasteiger partial charge < -0.3 is 23.9 Å². The van der Waals surface area contributed by atoms with Crippen LogP contribution < -0.4 is 18.9 Å². The zero-order valence-electron chi connectivity index (χ0n) is 14.9. The van der Waals surface area contributed by atoms with Gasteiger partial charge in [0, 0.05) is 17.7 Å². The zero-order valence-corrected chi connectivity index (χ0v) is 14.9. The van der Waals surface area contributed by atoms with Gasteiger partial charge in [0.1, 0.15) is 23.4 Å². The number of nitrogens with one attached hydrogen (secondary N) is 1. The molecule has 0 atom stereocenters. The van der Waals surface area contributed by atoms with Crippen molar-refractivity contribution < 1.29 is 18.9 Å². The number of allylic oxidation sites excluding steroid dienone is 1. The highest BCUT2D eigenvalue weighted by Crippen LogP contribution is 2.39. The van der Waals surface area contributed by atoms with Gasteiger partial charge in [-0.05, 0) is 31.2 Å². The van der Waals surface area contributed by atoms with E-state index in [0.717, 1.165) is 22.3 Å². The summed E-state index contributed by atoms with van der Waals surface area (Å²) in [5, 5.41) is 9.68.